The molecule has 0 saturated heterocycles. The molecule has 1 saturated carbocycles. The Morgan fingerprint density at radius 3 is 2.57 bits per heavy atom. The van der Waals surface area contributed by atoms with Crippen molar-refractivity contribution in [2.45, 2.75) is 43.0 Å². The quantitative estimate of drug-likeness (QED) is 0.868. The van der Waals surface area contributed by atoms with Crippen LogP contribution in [0.15, 0.2) is 29.2 Å². The average Bonchev–Trinajstić information content (AvgIpc) is 2.53. The highest BCUT2D eigenvalue weighted by molar-refractivity contribution is 7.89. The second kappa shape index (κ2) is 7.08. The lowest BCUT2D eigenvalue weighted by Crippen LogP contribution is -2.38. The van der Waals surface area contributed by atoms with Crippen molar-refractivity contribution < 1.29 is 8.42 Å². The first-order valence-corrected chi connectivity index (χ1v) is 8.77. The van der Waals surface area contributed by atoms with Gasteiger partial charge in [-0.2, -0.15) is 4.31 Å². The molecule has 0 atom stereocenters. The predicted octanol–water partition coefficient (Wildman–Crippen LogP) is 1.95. The molecule has 0 heterocycles. The minimum absolute atomic E-state index is 0.0965. The van der Waals surface area contributed by atoms with Crippen LogP contribution in [-0.2, 0) is 10.0 Å². The van der Waals surface area contributed by atoms with Crippen LogP contribution in [0.1, 0.15) is 37.7 Å². The van der Waals surface area contributed by atoms with Crippen LogP contribution in [0, 0.1) is 11.8 Å². The van der Waals surface area contributed by atoms with Gasteiger partial charge in [-0.15, -0.1) is 0 Å². The molecule has 5 heteroatoms. The van der Waals surface area contributed by atoms with Crippen LogP contribution >= 0.6 is 0 Å². The summed E-state index contributed by atoms with van der Waals surface area (Å²) in [6, 6.07) is 6.97. The van der Waals surface area contributed by atoms with Gasteiger partial charge in [-0.3, -0.25) is 0 Å². The minimum atomic E-state index is -3.51. The predicted molar refractivity (Wildman–Crippen MR) is 84.2 cm³/mol. The van der Waals surface area contributed by atoms with Crippen molar-refractivity contribution in [1.82, 2.24) is 4.31 Å². The van der Waals surface area contributed by atoms with Crippen LogP contribution in [0.4, 0.5) is 0 Å². The van der Waals surface area contributed by atoms with Crippen molar-refractivity contribution >= 4 is 10.0 Å². The Balaban J connectivity index is 2.34. The highest BCUT2D eigenvalue weighted by Gasteiger charge is 2.30. The van der Waals surface area contributed by atoms with Gasteiger partial charge in [0.1, 0.15) is 0 Å². The third-order valence-electron chi connectivity index (χ3n) is 3.96. The summed E-state index contributed by atoms with van der Waals surface area (Å²) in [7, 11) is -1.83. The molecule has 0 radical (unpaired) electrons. The fourth-order valence-corrected chi connectivity index (χ4v) is 4.30. The Morgan fingerprint density at radius 1 is 1.24 bits per heavy atom. The molecule has 1 aliphatic rings. The molecule has 4 nitrogen and oxygen atoms in total. The Bertz CT molecular complexity index is 638. The van der Waals surface area contributed by atoms with Crippen LogP contribution in [0.25, 0.3) is 0 Å². The Morgan fingerprint density at radius 2 is 1.90 bits per heavy atom. The van der Waals surface area contributed by atoms with Crippen molar-refractivity contribution in [3.8, 4) is 11.8 Å². The molecule has 1 aromatic rings. The van der Waals surface area contributed by atoms with E-state index in [1.54, 1.807) is 31.3 Å². The molecule has 0 bridgehead atoms. The lowest BCUT2D eigenvalue weighted by molar-refractivity contribution is 0.286. The van der Waals surface area contributed by atoms with E-state index < -0.39 is 10.0 Å². The largest absolute Gasteiger partial charge is 0.320 e. The summed E-state index contributed by atoms with van der Waals surface area (Å²) in [6.45, 7) is 0.215. The molecule has 114 valence electrons. The van der Waals surface area contributed by atoms with Crippen LogP contribution in [0.2, 0.25) is 0 Å². The lowest BCUT2D eigenvalue weighted by atomic mass is 9.96. The maximum absolute atomic E-state index is 12.8. The van der Waals surface area contributed by atoms with Gasteiger partial charge in [0.2, 0.25) is 10.0 Å². The van der Waals surface area contributed by atoms with E-state index in [4.69, 9.17) is 5.73 Å². The van der Waals surface area contributed by atoms with E-state index in [9.17, 15) is 8.42 Å². The molecule has 0 spiro atoms. The number of hydrogen-bond donors (Lipinski definition) is 1. The van der Waals surface area contributed by atoms with Gasteiger partial charge in [-0.05, 0) is 25.0 Å². The number of hydrogen-bond acceptors (Lipinski definition) is 3. The number of sulfonamides is 1. The summed E-state index contributed by atoms with van der Waals surface area (Å²) in [5.41, 5.74) is 5.90. The molecule has 0 amide bonds. The van der Waals surface area contributed by atoms with Crippen LogP contribution in [-0.4, -0.2) is 32.4 Å². The van der Waals surface area contributed by atoms with Crippen molar-refractivity contribution in [2.75, 3.05) is 13.6 Å². The smallest absolute Gasteiger partial charge is 0.244 e. The number of nitrogens with two attached hydrogens (primary N) is 1. The number of nitrogens with zero attached hydrogens (tertiary/aromatic N) is 1. The highest BCUT2D eigenvalue weighted by Crippen LogP contribution is 2.27. The maximum Gasteiger partial charge on any atom is 0.244 e. The van der Waals surface area contributed by atoms with E-state index in [1.165, 1.54) is 10.7 Å². The molecule has 0 aromatic heterocycles. The van der Waals surface area contributed by atoms with Gasteiger partial charge in [-0.1, -0.05) is 43.2 Å². The Kier molecular flexibility index (Phi) is 5.40. The van der Waals surface area contributed by atoms with Crippen molar-refractivity contribution in [3.05, 3.63) is 29.8 Å². The molecule has 21 heavy (non-hydrogen) atoms. The minimum Gasteiger partial charge on any atom is -0.320 e. The zero-order valence-electron chi connectivity index (χ0n) is 12.4. The summed E-state index contributed by atoms with van der Waals surface area (Å²) in [6.07, 6.45) is 5.26. The van der Waals surface area contributed by atoms with Gasteiger partial charge in [0.05, 0.1) is 11.4 Å². The molecule has 1 aromatic carbocycles. The molecule has 1 aliphatic carbocycles. The maximum atomic E-state index is 12.8. The topological polar surface area (TPSA) is 63.4 Å². The lowest BCUT2D eigenvalue weighted by Gasteiger charge is -2.30. The molecular formula is C16H22N2O2S. The summed E-state index contributed by atoms with van der Waals surface area (Å²) < 4.78 is 27.2. The third-order valence-corrected chi connectivity index (χ3v) is 5.93. The first-order valence-electron chi connectivity index (χ1n) is 7.33. The zero-order valence-corrected chi connectivity index (χ0v) is 13.2. The molecule has 1 fully saturated rings. The SMILES string of the molecule is CN(C1CCCCC1)S(=O)(=O)c1ccccc1C#CCN. The van der Waals surface area contributed by atoms with Gasteiger partial charge in [0.25, 0.3) is 0 Å². The Hall–Kier alpha value is -1.35. The summed E-state index contributed by atoms with van der Waals surface area (Å²) in [4.78, 5) is 0.277. The first kappa shape index (κ1) is 16.0. The van der Waals surface area contributed by atoms with E-state index in [0.29, 0.717) is 5.56 Å². The van der Waals surface area contributed by atoms with E-state index in [1.807, 2.05) is 0 Å². The van der Waals surface area contributed by atoms with Gasteiger partial charge in [-0.25, -0.2) is 8.42 Å². The highest BCUT2D eigenvalue weighted by atomic mass is 32.2. The van der Waals surface area contributed by atoms with Crippen molar-refractivity contribution in [2.24, 2.45) is 5.73 Å². The fourth-order valence-electron chi connectivity index (χ4n) is 2.74. The molecule has 2 N–H and O–H groups in total. The van der Waals surface area contributed by atoms with Crippen molar-refractivity contribution in [1.29, 1.82) is 0 Å². The summed E-state index contributed by atoms with van der Waals surface area (Å²) in [5.74, 6) is 5.59. The zero-order chi connectivity index (χ0) is 15.3. The van der Waals surface area contributed by atoms with Gasteiger partial charge < -0.3 is 5.73 Å². The van der Waals surface area contributed by atoms with Crippen LogP contribution in [0.3, 0.4) is 0 Å². The average molecular weight is 306 g/mol. The summed E-state index contributed by atoms with van der Waals surface area (Å²) in [5, 5.41) is 0. The standard InChI is InChI=1S/C16H22N2O2S/c1-18(15-10-3-2-4-11-15)21(19,20)16-12-6-5-8-14(16)9-7-13-17/h5-6,8,12,15H,2-4,10-11,13,17H2,1H3. The molecule has 2 rings (SSSR count). The monoisotopic (exact) mass is 306 g/mol. The van der Waals surface area contributed by atoms with Gasteiger partial charge in [0, 0.05) is 18.7 Å². The molecular weight excluding hydrogens is 284 g/mol. The van der Waals surface area contributed by atoms with E-state index >= 15 is 0 Å². The third kappa shape index (κ3) is 3.65. The Labute approximate surface area is 127 Å². The first-order chi connectivity index (χ1) is 10.1. The van der Waals surface area contributed by atoms with Crippen LogP contribution < -0.4 is 5.73 Å². The second-order valence-corrected chi connectivity index (χ2v) is 7.28. The fraction of sp³-hybridized carbons (Fsp3) is 0.500. The van der Waals surface area contributed by atoms with Gasteiger partial charge in [0.15, 0.2) is 0 Å². The van der Waals surface area contributed by atoms with Crippen molar-refractivity contribution in [3.63, 3.8) is 0 Å². The number of rotatable bonds is 3. The normalized spacial score (nSPS) is 16.5. The molecule has 0 unspecified atom stereocenters. The summed E-state index contributed by atoms with van der Waals surface area (Å²) >= 11 is 0. The van der Waals surface area contributed by atoms with E-state index in [0.717, 1.165) is 25.7 Å². The molecule has 0 aliphatic heterocycles. The van der Waals surface area contributed by atoms with Gasteiger partial charge >= 0.3 is 0 Å². The second-order valence-electron chi connectivity index (χ2n) is 5.32. The van der Waals surface area contributed by atoms with E-state index in [-0.39, 0.29) is 17.5 Å². The number of benzene rings is 1. The van der Waals surface area contributed by atoms with E-state index in [2.05, 4.69) is 11.8 Å². The van der Waals surface area contributed by atoms with Crippen LogP contribution in [0.5, 0.6) is 0 Å².